The van der Waals surface area contributed by atoms with E-state index in [2.05, 4.69) is 64.1 Å². The summed E-state index contributed by atoms with van der Waals surface area (Å²) in [6, 6.07) is 9.54. The second kappa shape index (κ2) is 8.12. The van der Waals surface area contributed by atoms with Crippen molar-refractivity contribution < 1.29 is 4.79 Å². The number of hydrogen-bond acceptors (Lipinski definition) is 5. The summed E-state index contributed by atoms with van der Waals surface area (Å²) >= 11 is 4.72. The largest absolute Gasteiger partial charge is 0.300 e. The van der Waals surface area contributed by atoms with Crippen molar-refractivity contribution in [2.75, 3.05) is 5.32 Å². The number of amides is 1. The smallest absolute Gasteiger partial charge is 0.261 e. The average Bonchev–Trinajstić information content (AvgIpc) is 3.11. The van der Waals surface area contributed by atoms with Crippen LogP contribution >= 0.6 is 27.3 Å². The topological polar surface area (TPSA) is 76.9 Å². The molecule has 0 aliphatic rings. The number of nitrogens with one attached hydrogen (secondary N) is 1. The SMILES string of the molecule is Cc1cc(C)c(-c2csc(NC(=O)Cn3cnc4ccc(Br)cc4c3=O)n2)c(C)c1. The maximum Gasteiger partial charge on any atom is 0.261 e. The Balaban J connectivity index is 1.54. The standard InChI is InChI=1S/C22H19BrN4O2S/c1-12-6-13(2)20(14(3)7-12)18-10-30-22(25-18)26-19(28)9-27-11-24-17-5-4-15(23)8-16(17)21(27)29/h4-8,10-11H,9H2,1-3H3,(H,25,26,28). The molecule has 0 aliphatic heterocycles. The van der Waals surface area contributed by atoms with Crippen LogP contribution in [0.15, 0.2) is 51.3 Å². The molecule has 8 heteroatoms. The Hall–Kier alpha value is -2.84. The second-order valence-electron chi connectivity index (χ2n) is 7.20. The van der Waals surface area contributed by atoms with E-state index in [0.29, 0.717) is 16.0 Å². The fraction of sp³-hybridized carbons (Fsp3) is 0.182. The minimum Gasteiger partial charge on any atom is -0.300 e. The quantitative estimate of drug-likeness (QED) is 0.451. The van der Waals surface area contributed by atoms with Crippen LogP contribution in [0, 0.1) is 20.8 Å². The summed E-state index contributed by atoms with van der Waals surface area (Å²) in [5.74, 6) is -0.327. The molecule has 6 nitrogen and oxygen atoms in total. The summed E-state index contributed by atoms with van der Waals surface area (Å²) < 4.78 is 2.08. The molecule has 1 amide bonds. The number of anilines is 1. The zero-order valence-corrected chi connectivity index (χ0v) is 19.1. The van der Waals surface area contributed by atoms with E-state index in [1.54, 1.807) is 12.1 Å². The first-order valence-corrected chi connectivity index (χ1v) is 11.0. The average molecular weight is 483 g/mol. The molecule has 30 heavy (non-hydrogen) atoms. The Bertz CT molecular complexity index is 1320. The van der Waals surface area contributed by atoms with Gasteiger partial charge in [0, 0.05) is 15.4 Å². The number of thiazole rings is 1. The van der Waals surface area contributed by atoms with Gasteiger partial charge in [-0.1, -0.05) is 33.6 Å². The van der Waals surface area contributed by atoms with E-state index >= 15 is 0 Å². The summed E-state index contributed by atoms with van der Waals surface area (Å²) in [4.78, 5) is 34.0. The highest BCUT2D eigenvalue weighted by Gasteiger charge is 2.14. The molecule has 1 N–H and O–H groups in total. The summed E-state index contributed by atoms with van der Waals surface area (Å²) in [7, 11) is 0. The lowest BCUT2D eigenvalue weighted by atomic mass is 9.98. The molecule has 0 bridgehead atoms. The van der Waals surface area contributed by atoms with E-state index in [4.69, 9.17) is 0 Å². The van der Waals surface area contributed by atoms with E-state index in [1.165, 1.54) is 27.8 Å². The number of hydrogen-bond donors (Lipinski definition) is 1. The number of benzene rings is 2. The zero-order chi connectivity index (χ0) is 21.4. The normalized spacial score (nSPS) is 11.1. The lowest BCUT2D eigenvalue weighted by Gasteiger charge is -2.09. The van der Waals surface area contributed by atoms with Gasteiger partial charge in [-0.2, -0.15) is 0 Å². The van der Waals surface area contributed by atoms with Crippen molar-refractivity contribution in [3.63, 3.8) is 0 Å². The maximum atomic E-state index is 12.7. The summed E-state index contributed by atoms with van der Waals surface area (Å²) in [6.45, 7) is 6.05. The van der Waals surface area contributed by atoms with Gasteiger partial charge in [0.25, 0.3) is 5.56 Å². The van der Waals surface area contributed by atoms with Gasteiger partial charge in [-0.05, 0) is 50.1 Å². The predicted octanol–water partition coefficient (Wildman–Crippen LogP) is 4.85. The van der Waals surface area contributed by atoms with Gasteiger partial charge in [0.15, 0.2) is 5.13 Å². The van der Waals surface area contributed by atoms with Crippen LogP contribution in [0.25, 0.3) is 22.2 Å². The van der Waals surface area contributed by atoms with Gasteiger partial charge >= 0.3 is 0 Å². The van der Waals surface area contributed by atoms with Crippen LogP contribution in [-0.2, 0) is 11.3 Å². The second-order valence-corrected chi connectivity index (χ2v) is 8.97. The van der Waals surface area contributed by atoms with Gasteiger partial charge in [0.05, 0.1) is 22.9 Å². The predicted molar refractivity (Wildman–Crippen MR) is 124 cm³/mol. The Kier molecular flexibility index (Phi) is 5.53. The zero-order valence-electron chi connectivity index (χ0n) is 16.7. The molecule has 0 aliphatic carbocycles. The van der Waals surface area contributed by atoms with E-state index < -0.39 is 0 Å². The molecule has 0 saturated carbocycles. The van der Waals surface area contributed by atoms with Crippen molar-refractivity contribution in [2.45, 2.75) is 27.3 Å². The fourth-order valence-corrected chi connectivity index (χ4v) is 4.67. The molecule has 0 fully saturated rings. The van der Waals surface area contributed by atoms with Crippen LogP contribution in [0.4, 0.5) is 5.13 Å². The van der Waals surface area contributed by atoms with Crippen LogP contribution in [-0.4, -0.2) is 20.4 Å². The molecule has 4 aromatic rings. The molecule has 4 rings (SSSR count). The van der Waals surface area contributed by atoms with Gasteiger partial charge in [-0.3, -0.25) is 14.2 Å². The lowest BCUT2D eigenvalue weighted by molar-refractivity contribution is -0.116. The Morgan fingerprint density at radius 3 is 2.63 bits per heavy atom. The number of carbonyl (C=O) groups excluding carboxylic acids is 1. The van der Waals surface area contributed by atoms with Gasteiger partial charge in [-0.15, -0.1) is 11.3 Å². The minimum absolute atomic E-state index is 0.133. The molecule has 2 aromatic heterocycles. The van der Waals surface area contributed by atoms with E-state index in [1.807, 2.05) is 11.4 Å². The number of halogens is 1. The lowest BCUT2D eigenvalue weighted by Crippen LogP contribution is -2.27. The monoisotopic (exact) mass is 482 g/mol. The third kappa shape index (κ3) is 4.06. The first kappa shape index (κ1) is 20.4. The van der Waals surface area contributed by atoms with E-state index in [9.17, 15) is 9.59 Å². The maximum absolute atomic E-state index is 12.7. The molecule has 2 aromatic carbocycles. The van der Waals surface area contributed by atoms with Crippen LogP contribution in [0.5, 0.6) is 0 Å². The fourth-order valence-electron chi connectivity index (χ4n) is 3.59. The highest BCUT2D eigenvalue weighted by Crippen LogP contribution is 2.31. The Morgan fingerprint density at radius 1 is 1.17 bits per heavy atom. The molecular weight excluding hydrogens is 464 g/mol. The van der Waals surface area contributed by atoms with Gasteiger partial charge in [0.2, 0.25) is 5.91 Å². The van der Waals surface area contributed by atoms with Gasteiger partial charge in [0.1, 0.15) is 6.54 Å². The highest BCUT2D eigenvalue weighted by molar-refractivity contribution is 9.10. The molecule has 0 saturated heterocycles. The molecule has 0 spiro atoms. The van der Waals surface area contributed by atoms with Crippen LogP contribution < -0.4 is 10.9 Å². The number of fused-ring (bicyclic) bond motifs is 1. The van der Waals surface area contributed by atoms with Crippen molar-refractivity contribution in [3.8, 4) is 11.3 Å². The van der Waals surface area contributed by atoms with E-state index in [0.717, 1.165) is 26.9 Å². The molecule has 152 valence electrons. The molecule has 2 heterocycles. The van der Waals surface area contributed by atoms with Crippen molar-refractivity contribution in [2.24, 2.45) is 0 Å². The van der Waals surface area contributed by atoms with Crippen LogP contribution in [0.2, 0.25) is 0 Å². The molecule has 0 unspecified atom stereocenters. The van der Waals surface area contributed by atoms with Crippen LogP contribution in [0.1, 0.15) is 16.7 Å². The van der Waals surface area contributed by atoms with Crippen molar-refractivity contribution in [1.29, 1.82) is 0 Å². The number of nitrogens with zero attached hydrogens (tertiary/aromatic N) is 3. The first-order chi connectivity index (χ1) is 14.3. The number of aromatic nitrogens is 3. The first-order valence-electron chi connectivity index (χ1n) is 9.30. The molecule has 0 radical (unpaired) electrons. The third-order valence-corrected chi connectivity index (χ3v) is 6.03. The Morgan fingerprint density at radius 2 is 1.90 bits per heavy atom. The van der Waals surface area contributed by atoms with E-state index in [-0.39, 0.29) is 18.0 Å². The molecule has 0 atom stereocenters. The third-order valence-electron chi connectivity index (χ3n) is 4.78. The Labute approximate surface area is 185 Å². The highest BCUT2D eigenvalue weighted by atomic mass is 79.9. The summed E-state index contributed by atoms with van der Waals surface area (Å²) in [5.41, 5.74) is 5.75. The molecular formula is C22H19BrN4O2S. The summed E-state index contributed by atoms with van der Waals surface area (Å²) in [6.07, 6.45) is 1.39. The number of rotatable bonds is 4. The van der Waals surface area contributed by atoms with Crippen molar-refractivity contribution in [3.05, 3.63) is 73.6 Å². The van der Waals surface area contributed by atoms with Gasteiger partial charge in [-0.25, -0.2) is 9.97 Å². The summed E-state index contributed by atoms with van der Waals surface area (Å²) in [5, 5.41) is 5.68. The number of carbonyl (C=O) groups is 1. The van der Waals surface area contributed by atoms with Gasteiger partial charge < -0.3 is 5.32 Å². The van der Waals surface area contributed by atoms with Crippen molar-refractivity contribution >= 4 is 49.2 Å². The minimum atomic E-state index is -0.327. The van der Waals surface area contributed by atoms with Crippen molar-refractivity contribution in [1.82, 2.24) is 14.5 Å². The van der Waals surface area contributed by atoms with Crippen LogP contribution in [0.3, 0.4) is 0 Å². The number of aryl methyl sites for hydroxylation is 3.